The Kier molecular flexibility index (Phi) is 4.60. The zero-order valence-corrected chi connectivity index (χ0v) is 12.0. The van der Waals surface area contributed by atoms with Gasteiger partial charge in [-0.3, -0.25) is 0 Å². The Morgan fingerprint density at radius 1 is 1.32 bits per heavy atom. The minimum absolute atomic E-state index is 0.255. The predicted molar refractivity (Wildman–Crippen MR) is 74.2 cm³/mol. The van der Waals surface area contributed by atoms with E-state index in [0.717, 1.165) is 6.42 Å². The summed E-state index contributed by atoms with van der Waals surface area (Å²) in [5, 5.41) is 9.39. The van der Waals surface area contributed by atoms with Crippen LogP contribution in [0.3, 0.4) is 0 Å². The summed E-state index contributed by atoms with van der Waals surface area (Å²) < 4.78 is 26.7. The smallest absolute Gasteiger partial charge is 0.240 e. The maximum atomic E-state index is 12.0. The highest BCUT2D eigenvalue weighted by molar-refractivity contribution is 7.89. The van der Waals surface area contributed by atoms with Gasteiger partial charge in [0.15, 0.2) is 0 Å². The van der Waals surface area contributed by atoms with Crippen LogP contribution in [0.15, 0.2) is 29.2 Å². The van der Waals surface area contributed by atoms with E-state index in [1.165, 1.54) is 31.4 Å². The first-order chi connectivity index (χ1) is 8.99. The van der Waals surface area contributed by atoms with Crippen molar-refractivity contribution in [1.82, 2.24) is 4.72 Å². The third kappa shape index (κ3) is 3.78. The molecular formula is C14H21NO3S. The van der Waals surface area contributed by atoms with Gasteiger partial charge >= 0.3 is 0 Å². The van der Waals surface area contributed by atoms with Crippen molar-refractivity contribution < 1.29 is 13.5 Å². The van der Waals surface area contributed by atoms with E-state index in [-0.39, 0.29) is 4.90 Å². The summed E-state index contributed by atoms with van der Waals surface area (Å²) in [5.41, 5.74) is 0.716. The molecule has 0 amide bonds. The van der Waals surface area contributed by atoms with Crippen LogP contribution in [0.4, 0.5) is 0 Å². The van der Waals surface area contributed by atoms with Gasteiger partial charge < -0.3 is 5.11 Å². The van der Waals surface area contributed by atoms with E-state index in [4.69, 9.17) is 0 Å². The molecule has 1 fully saturated rings. The molecule has 106 valence electrons. The Balaban J connectivity index is 1.93. The van der Waals surface area contributed by atoms with Crippen LogP contribution in [0.25, 0.3) is 0 Å². The second kappa shape index (κ2) is 6.03. The fraction of sp³-hybridized carbons (Fsp3) is 0.571. The first kappa shape index (κ1) is 14.5. The molecular weight excluding hydrogens is 262 g/mol. The SMILES string of the molecule is CC(O)c1ccc(S(=O)(=O)NCCC2CCC2)cc1. The summed E-state index contributed by atoms with van der Waals surface area (Å²) in [4.78, 5) is 0.255. The lowest BCUT2D eigenvalue weighted by Gasteiger charge is -2.25. The third-order valence-corrected chi connectivity index (χ3v) is 5.22. The molecule has 0 bridgehead atoms. The quantitative estimate of drug-likeness (QED) is 0.841. The normalized spacial score (nSPS) is 18.0. The number of benzene rings is 1. The average Bonchev–Trinajstić information content (AvgIpc) is 2.32. The van der Waals surface area contributed by atoms with E-state index >= 15 is 0 Å². The van der Waals surface area contributed by atoms with Gasteiger partial charge in [0.2, 0.25) is 10.0 Å². The fourth-order valence-electron chi connectivity index (χ4n) is 2.19. The highest BCUT2D eigenvalue weighted by Crippen LogP contribution is 2.28. The molecule has 1 atom stereocenters. The minimum Gasteiger partial charge on any atom is -0.389 e. The van der Waals surface area contributed by atoms with Gasteiger partial charge in [-0.25, -0.2) is 13.1 Å². The molecule has 1 aromatic carbocycles. The summed E-state index contributed by atoms with van der Waals surface area (Å²) in [6.45, 7) is 2.16. The van der Waals surface area contributed by atoms with Gasteiger partial charge in [-0.1, -0.05) is 31.4 Å². The van der Waals surface area contributed by atoms with Crippen LogP contribution >= 0.6 is 0 Å². The van der Waals surface area contributed by atoms with Gasteiger partial charge in [-0.15, -0.1) is 0 Å². The molecule has 2 N–H and O–H groups in total. The van der Waals surface area contributed by atoms with Gasteiger partial charge in [0.25, 0.3) is 0 Å². The predicted octanol–water partition coefficient (Wildman–Crippen LogP) is 2.21. The van der Waals surface area contributed by atoms with E-state index < -0.39 is 16.1 Å². The molecule has 0 spiro atoms. The van der Waals surface area contributed by atoms with Crippen LogP contribution in [0.5, 0.6) is 0 Å². The maximum Gasteiger partial charge on any atom is 0.240 e. The van der Waals surface area contributed by atoms with E-state index in [9.17, 15) is 13.5 Å². The Morgan fingerprint density at radius 3 is 2.42 bits per heavy atom. The number of aliphatic hydroxyl groups is 1. The molecule has 19 heavy (non-hydrogen) atoms. The number of rotatable bonds is 6. The molecule has 1 aliphatic rings. The van der Waals surface area contributed by atoms with E-state index in [0.29, 0.717) is 18.0 Å². The highest BCUT2D eigenvalue weighted by Gasteiger charge is 2.19. The van der Waals surface area contributed by atoms with Crippen LogP contribution in [-0.2, 0) is 10.0 Å². The third-order valence-electron chi connectivity index (χ3n) is 3.74. The molecule has 2 rings (SSSR count). The van der Waals surface area contributed by atoms with Crippen molar-refractivity contribution >= 4 is 10.0 Å². The zero-order valence-electron chi connectivity index (χ0n) is 11.2. The fourth-order valence-corrected chi connectivity index (χ4v) is 3.24. The summed E-state index contributed by atoms with van der Waals surface area (Å²) >= 11 is 0. The Labute approximate surface area is 114 Å². The maximum absolute atomic E-state index is 12.0. The lowest BCUT2D eigenvalue weighted by molar-refractivity contribution is 0.199. The lowest BCUT2D eigenvalue weighted by Crippen LogP contribution is -2.27. The van der Waals surface area contributed by atoms with Gasteiger partial charge in [0.05, 0.1) is 11.0 Å². The molecule has 1 aromatic rings. The van der Waals surface area contributed by atoms with Gasteiger partial charge in [0.1, 0.15) is 0 Å². The van der Waals surface area contributed by atoms with E-state index in [1.807, 2.05) is 0 Å². The number of aliphatic hydroxyl groups excluding tert-OH is 1. The second-order valence-electron chi connectivity index (χ2n) is 5.23. The molecule has 5 heteroatoms. The molecule has 1 unspecified atom stereocenters. The summed E-state index contributed by atoms with van der Waals surface area (Å²) in [5.74, 6) is 0.695. The number of sulfonamides is 1. The molecule has 1 saturated carbocycles. The molecule has 0 radical (unpaired) electrons. The van der Waals surface area contributed by atoms with Crippen molar-refractivity contribution in [2.45, 2.75) is 43.6 Å². The van der Waals surface area contributed by atoms with E-state index in [2.05, 4.69) is 4.72 Å². The van der Waals surface area contributed by atoms with Crippen LogP contribution in [0.2, 0.25) is 0 Å². The topological polar surface area (TPSA) is 66.4 Å². The van der Waals surface area contributed by atoms with Crippen LogP contribution in [-0.4, -0.2) is 20.1 Å². The minimum atomic E-state index is -3.41. The van der Waals surface area contributed by atoms with Crippen molar-refractivity contribution in [2.24, 2.45) is 5.92 Å². The summed E-state index contributed by atoms with van der Waals surface area (Å²) in [6, 6.07) is 6.36. The molecule has 0 saturated heterocycles. The van der Waals surface area contributed by atoms with Crippen molar-refractivity contribution in [3.05, 3.63) is 29.8 Å². The Bertz CT molecular complexity index is 504. The summed E-state index contributed by atoms with van der Waals surface area (Å²) in [7, 11) is -3.41. The monoisotopic (exact) mass is 283 g/mol. The molecule has 0 aromatic heterocycles. The standard InChI is InChI=1S/C14H21NO3S/c1-11(16)13-5-7-14(8-6-13)19(17,18)15-10-9-12-3-2-4-12/h5-8,11-12,15-16H,2-4,9-10H2,1H3. The van der Waals surface area contributed by atoms with Crippen LogP contribution in [0, 0.1) is 5.92 Å². The second-order valence-corrected chi connectivity index (χ2v) is 7.00. The van der Waals surface area contributed by atoms with Crippen molar-refractivity contribution in [3.8, 4) is 0 Å². The molecule has 1 aliphatic carbocycles. The number of hydrogen-bond donors (Lipinski definition) is 2. The molecule has 4 nitrogen and oxygen atoms in total. The van der Waals surface area contributed by atoms with Gasteiger partial charge in [-0.2, -0.15) is 0 Å². The van der Waals surface area contributed by atoms with Crippen molar-refractivity contribution in [2.75, 3.05) is 6.54 Å². The Hall–Kier alpha value is -0.910. The van der Waals surface area contributed by atoms with Crippen LogP contribution < -0.4 is 4.72 Å². The number of nitrogens with one attached hydrogen (secondary N) is 1. The first-order valence-corrected chi connectivity index (χ1v) is 8.25. The average molecular weight is 283 g/mol. The van der Waals surface area contributed by atoms with E-state index in [1.54, 1.807) is 19.1 Å². The summed E-state index contributed by atoms with van der Waals surface area (Å²) in [6.07, 6.45) is 4.07. The molecule has 0 aliphatic heterocycles. The number of hydrogen-bond acceptors (Lipinski definition) is 3. The van der Waals surface area contributed by atoms with Gasteiger partial charge in [0, 0.05) is 6.54 Å². The van der Waals surface area contributed by atoms with Crippen LogP contribution in [0.1, 0.15) is 44.3 Å². The zero-order chi connectivity index (χ0) is 13.9. The van der Waals surface area contributed by atoms with Gasteiger partial charge in [-0.05, 0) is 37.0 Å². The van der Waals surface area contributed by atoms with Crippen molar-refractivity contribution in [1.29, 1.82) is 0 Å². The lowest BCUT2D eigenvalue weighted by atomic mass is 9.83. The largest absolute Gasteiger partial charge is 0.389 e. The van der Waals surface area contributed by atoms with Crippen molar-refractivity contribution in [3.63, 3.8) is 0 Å². The Morgan fingerprint density at radius 2 is 1.95 bits per heavy atom. The highest BCUT2D eigenvalue weighted by atomic mass is 32.2. The molecule has 0 heterocycles. The first-order valence-electron chi connectivity index (χ1n) is 6.77.